The van der Waals surface area contributed by atoms with Crippen LogP contribution in [0.15, 0.2) is 42.7 Å². The Kier molecular flexibility index (Phi) is 5.61. The third-order valence-electron chi connectivity index (χ3n) is 4.47. The molecular formula is C18H25N5O. The molecule has 2 heterocycles. The molecule has 6 nitrogen and oxygen atoms in total. The third kappa shape index (κ3) is 4.43. The first-order chi connectivity index (χ1) is 11.7. The summed E-state index contributed by atoms with van der Waals surface area (Å²) in [6.45, 7) is 6.70. The van der Waals surface area contributed by atoms with Gasteiger partial charge in [-0.1, -0.05) is 24.3 Å². The maximum atomic E-state index is 12.3. The van der Waals surface area contributed by atoms with Gasteiger partial charge in [0.2, 0.25) is 5.91 Å². The molecule has 1 aliphatic heterocycles. The number of nitrogens with one attached hydrogen (secondary N) is 2. The van der Waals surface area contributed by atoms with Crippen molar-refractivity contribution in [2.24, 2.45) is 0 Å². The van der Waals surface area contributed by atoms with Gasteiger partial charge in [-0.3, -0.25) is 14.4 Å². The van der Waals surface area contributed by atoms with Crippen molar-refractivity contribution < 1.29 is 4.79 Å². The molecule has 128 valence electrons. The molecule has 3 rings (SSSR count). The summed E-state index contributed by atoms with van der Waals surface area (Å²) in [4.78, 5) is 14.5. The molecule has 1 aromatic carbocycles. The van der Waals surface area contributed by atoms with Crippen LogP contribution >= 0.6 is 0 Å². The first-order valence-corrected chi connectivity index (χ1v) is 8.48. The summed E-state index contributed by atoms with van der Waals surface area (Å²) in [5, 5.41) is 10.6. The lowest BCUT2D eigenvalue weighted by molar-refractivity contribution is -0.123. The first-order valence-electron chi connectivity index (χ1n) is 8.48. The van der Waals surface area contributed by atoms with Gasteiger partial charge in [-0.05, 0) is 24.1 Å². The van der Waals surface area contributed by atoms with Crippen molar-refractivity contribution in [3.05, 3.63) is 53.9 Å². The van der Waals surface area contributed by atoms with Crippen LogP contribution in [0.4, 0.5) is 0 Å². The monoisotopic (exact) mass is 327 g/mol. The molecular weight excluding hydrogens is 302 g/mol. The summed E-state index contributed by atoms with van der Waals surface area (Å²) in [5.74, 6) is 0.0812. The summed E-state index contributed by atoms with van der Waals surface area (Å²) in [6, 6.07) is 10.5. The molecule has 0 unspecified atom stereocenters. The van der Waals surface area contributed by atoms with Crippen LogP contribution in [0.1, 0.15) is 18.1 Å². The Morgan fingerprint density at radius 1 is 1.33 bits per heavy atom. The number of carbonyl (C=O) groups is 1. The Labute approximate surface area is 142 Å². The SMILES string of the molecule is C[C@@H]1CNCCN1CC(=O)NCc1ccccc1Cn1cccn1. The van der Waals surface area contributed by atoms with Crippen molar-refractivity contribution in [2.45, 2.75) is 26.1 Å². The molecule has 2 N–H and O–H groups in total. The molecule has 1 aliphatic rings. The Morgan fingerprint density at radius 3 is 2.92 bits per heavy atom. The van der Waals surface area contributed by atoms with Crippen LogP contribution in [0.5, 0.6) is 0 Å². The molecule has 0 spiro atoms. The summed E-state index contributed by atoms with van der Waals surface area (Å²) >= 11 is 0. The molecule has 24 heavy (non-hydrogen) atoms. The van der Waals surface area contributed by atoms with E-state index in [1.165, 1.54) is 5.56 Å². The van der Waals surface area contributed by atoms with Crippen LogP contribution < -0.4 is 10.6 Å². The van der Waals surface area contributed by atoms with Crippen molar-refractivity contribution in [1.82, 2.24) is 25.3 Å². The quantitative estimate of drug-likeness (QED) is 0.825. The van der Waals surface area contributed by atoms with E-state index in [1.54, 1.807) is 6.20 Å². The normalized spacial score (nSPS) is 18.5. The molecule has 0 radical (unpaired) electrons. The summed E-state index contributed by atoms with van der Waals surface area (Å²) in [7, 11) is 0. The predicted molar refractivity (Wildman–Crippen MR) is 93.5 cm³/mol. The van der Waals surface area contributed by atoms with E-state index in [9.17, 15) is 4.79 Å². The second kappa shape index (κ2) is 8.08. The van der Waals surface area contributed by atoms with E-state index < -0.39 is 0 Å². The zero-order valence-electron chi connectivity index (χ0n) is 14.1. The van der Waals surface area contributed by atoms with Crippen LogP contribution in [0.3, 0.4) is 0 Å². The lowest BCUT2D eigenvalue weighted by Gasteiger charge is -2.33. The van der Waals surface area contributed by atoms with Crippen molar-refractivity contribution in [3.63, 3.8) is 0 Å². The highest BCUT2D eigenvalue weighted by Gasteiger charge is 2.20. The maximum Gasteiger partial charge on any atom is 0.234 e. The fourth-order valence-corrected chi connectivity index (χ4v) is 3.00. The van der Waals surface area contributed by atoms with Gasteiger partial charge in [0.25, 0.3) is 0 Å². The summed E-state index contributed by atoms with van der Waals surface area (Å²) in [5.41, 5.74) is 2.31. The maximum absolute atomic E-state index is 12.3. The van der Waals surface area contributed by atoms with Crippen molar-refractivity contribution in [2.75, 3.05) is 26.2 Å². The molecule has 6 heteroatoms. The fraction of sp³-hybridized carbons (Fsp3) is 0.444. The number of hydrogen-bond acceptors (Lipinski definition) is 4. The molecule has 1 fully saturated rings. The van der Waals surface area contributed by atoms with Crippen molar-refractivity contribution >= 4 is 5.91 Å². The van der Waals surface area contributed by atoms with E-state index in [-0.39, 0.29) is 5.91 Å². The van der Waals surface area contributed by atoms with Gasteiger partial charge in [0.05, 0.1) is 13.1 Å². The van der Waals surface area contributed by atoms with Crippen LogP contribution in [0.25, 0.3) is 0 Å². The lowest BCUT2D eigenvalue weighted by Crippen LogP contribution is -2.52. The molecule has 1 aromatic heterocycles. The Balaban J connectivity index is 1.55. The lowest BCUT2D eigenvalue weighted by atomic mass is 10.1. The minimum absolute atomic E-state index is 0.0812. The molecule has 1 atom stereocenters. The van der Waals surface area contributed by atoms with E-state index in [0.717, 1.165) is 25.2 Å². The number of hydrogen-bond donors (Lipinski definition) is 2. The smallest absolute Gasteiger partial charge is 0.234 e. The van der Waals surface area contributed by atoms with Gasteiger partial charge in [-0.25, -0.2) is 0 Å². The zero-order chi connectivity index (χ0) is 16.8. The number of aromatic nitrogens is 2. The van der Waals surface area contributed by atoms with Gasteiger partial charge in [-0.2, -0.15) is 5.10 Å². The fourth-order valence-electron chi connectivity index (χ4n) is 3.00. The molecule has 1 saturated heterocycles. The summed E-state index contributed by atoms with van der Waals surface area (Å²) < 4.78 is 1.89. The van der Waals surface area contributed by atoms with E-state index in [1.807, 2.05) is 29.1 Å². The number of benzene rings is 1. The van der Waals surface area contributed by atoms with E-state index >= 15 is 0 Å². The number of nitrogens with zero attached hydrogens (tertiary/aromatic N) is 3. The highest BCUT2D eigenvalue weighted by atomic mass is 16.2. The van der Waals surface area contributed by atoms with Crippen LogP contribution in [0.2, 0.25) is 0 Å². The predicted octanol–water partition coefficient (Wildman–Crippen LogP) is 0.841. The molecule has 0 aliphatic carbocycles. The third-order valence-corrected chi connectivity index (χ3v) is 4.47. The number of amides is 1. The summed E-state index contributed by atoms with van der Waals surface area (Å²) in [6.07, 6.45) is 3.72. The van der Waals surface area contributed by atoms with Crippen molar-refractivity contribution in [1.29, 1.82) is 0 Å². The molecule has 2 aromatic rings. The van der Waals surface area contributed by atoms with Crippen LogP contribution in [-0.4, -0.2) is 52.8 Å². The average molecular weight is 327 g/mol. The Morgan fingerprint density at radius 2 is 2.17 bits per heavy atom. The van der Waals surface area contributed by atoms with E-state index in [2.05, 4.69) is 39.7 Å². The Bertz CT molecular complexity index is 655. The molecule has 1 amide bonds. The van der Waals surface area contributed by atoms with Gasteiger partial charge in [0.15, 0.2) is 0 Å². The van der Waals surface area contributed by atoms with Crippen molar-refractivity contribution in [3.8, 4) is 0 Å². The van der Waals surface area contributed by atoms with Gasteiger partial charge in [-0.15, -0.1) is 0 Å². The largest absolute Gasteiger partial charge is 0.351 e. The second-order valence-electron chi connectivity index (χ2n) is 6.27. The minimum Gasteiger partial charge on any atom is -0.351 e. The molecule has 0 bridgehead atoms. The average Bonchev–Trinajstić information content (AvgIpc) is 3.09. The number of rotatable bonds is 6. The van der Waals surface area contributed by atoms with Gasteiger partial charge < -0.3 is 10.6 Å². The first kappa shape index (κ1) is 16.7. The molecule has 0 saturated carbocycles. The highest BCUT2D eigenvalue weighted by molar-refractivity contribution is 5.78. The highest BCUT2D eigenvalue weighted by Crippen LogP contribution is 2.10. The second-order valence-corrected chi connectivity index (χ2v) is 6.27. The number of carbonyl (C=O) groups excluding carboxylic acids is 1. The van der Waals surface area contributed by atoms with Gasteiger partial charge >= 0.3 is 0 Å². The van der Waals surface area contributed by atoms with E-state index in [0.29, 0.717) is 25.7 Å². The number of piperazine rings is 1. The van der Waals surface area contributed by atoms with Crippen LogP contribution in [0, 0.1) is 0 Å². The standard InChI is InChI=1S/C18H25N5O/c1-15-11-19-8-10-22(15)14-18(24)20-12-16-5-2-3-6-17(16)13-23-9-4-7-21-23/h2-7,9,15,19H,8,10-14H2,1H3,(H,20,24)/t15-/m1/s1. The Hall–Kier alpha value is -2.18. The van der Waals surface area contributed by atoms with Gasteiger partial charge in [0, 0.05) is 44.6 Å². The topological polar surface area (TPSA) is 62.2 Å². The van der Waals surface area contributed by atoms with E-state index in [4.69, 9.17) is 0 Å². The zero-order valence-corrected chi connectivity index (χ0v) is 14.1. The minimum atomic E-state index is 0.0812. The van der Waals surface area contributed by atoms with Crippen LogP contribution in [-0.2, 0) is 17.9 Å². The van der Waals surface area contributed by atoms with Gasteiger partial charge in [0.1, 0.15) is 0 Å².